The van der Waals surface area contributed by atoms with Crippen LogP contribution in [-0.2, 0) is 0 Å². The Labute approximate surface area is 85.5 Å². The molecule has 0 fully saturated rings. The van der Waals surface area contributed by atoms with Gasteiger partial charge in [-0.3, -0.25) is 4.98 Å². The van der Waals surface area contributed by atoms with Gasteiger partial charge in [-0.2, -0.15) is 0 Å². The molecule has 0 aromatic carbocycles. The first kappa shape index (κ1) is 8.51. The van der Waals surface area contributed by atoms with E-state index in [0.29, 0.717) is 0 Å². The highest BCUT2D eigenvalue weighted by Gasteiger charge is 2.09. The summed E-state index contributed by atoms with van der Waals surface area (Å²) < 4.78 is 1.01. The third kappa shape index (κ3) is 1.98. The SMILES string of the molecule is BrC1=CC=CC(c2ccncc2)N1. The second kappa shape index (κ2) is 3.75. The van der Waals surface area contributed by atoms with Crippen LogP contribution in [0.15, 0.2) is 47.4 Å². The zero-order valence-electron chi connectivity index (χ0n) is 6.94. The number of nitrogens with zero attached hydrogens (tertiary/aromatic N) is 1. The molecule has 1 aliphatic rings. The Morgan fingerprint density at radius 2 is 2.08 bits per heavy atom. The first-order chi connectivity index (χ1) is 6.36. The molecule has 2 nitrogen and oxygen atoms in total. The Kier molecular flexibility index (Phi) is 2.45. The monoisotopic (exact) mass is 236 g/mol. The molecule has 1 atom stereocenters. The highest BCUT2D eigenvalue weighted by atomic mass is 79.9. The molecule has 1 unspecified atom stereocenters. The van der Waals surface area contributed by atoms with E-state index >= 15 is 0 Å². The van der Waals surface area contributed by atoms with E-state index < -0.39 is 0 Å². The highest BCUT2D eigenvalue weighted by molar-refractivity contribution is 9.11. The Hall–Kier alpha value is -1.09. The molecular formula is C10H9BrN2. The smallest absolute Gasteiger partial charge is 0.0787 e. The van der Waals surface area contributed by atoms with E-state index in [0.717, 1.165) is 4.61 Å². The second-order valence-corrected chi connectivity index (χ2v) is 3.66. The Balaban J connectivity index is 2.21. The molecular weight excluding hydrogens is 228 g/mol. The van der Waals surface area contributed by atoms with Gasteiger partial charge in [0.15, 0.2) is 0 Å². The van der Waals surface area contributed by atoms with E-state index in [2.05, 4.69) is 32.3 Å². The van der Waals surface area contributed by atoms with Crippen molar-refractivity contribution in [3.05, 3.63) is 52.9 Å². The number of nitrogens with one attached hydrogen (secondary N) is 1. The van der Waals surface area contributed by atoms with Crippen LogP contribution in [0.25, 0.3) is 0 Å². The molecule has 2 heterocycles. The number of aromatic nitrogens is 1. The number of dihydropyridines is 1. The van der Waals surface area contributed by atoms with Crippen molar-refractivity contribution in [2.45, 2.75) is 6.04 Å². The van der Waals surface area contributed by atoms with Gasteiger partial charge in [-0.15, -0.1) is 0 Å². The van der Waals surface area contributed by atoms with Crippen LogP contribution in [0.2, 0.25) is 0 Å². The fourth-order valence-electron chi connectivity index (χ4n) is 1.26. The summed E-state index contributed by atoms with van der Waals surface area (Å²) in [5.41, 5.74) is 1.22. The molecule has 1 aromatic heterocycles. The first-order valence-corrected chi connectivity index (χ1v) is 4.86. The van der Waals surface area contributed by atoms with E-state index in [-0.39, 0.29) is 6.04 Å². The van der Waals surface area contributed by atoms with E-state index in [1.165, 1.54) is 5.56 Å². The van der Waals surface area contributed by atoms with Crippen LogP contribution in [-0.4, -0.2) is 4.98 Å². The minimum absolute atomic E-state index is 0.252. The molecule has 1 aliphatic heterocycles. The van der Waals surface area contributed by atoms with Gasteiger partial charge in [-0.1, -0.05) is 12.2 Å². The van der Waals surface area contributed by atoms with Crippen LogP contribution >= 0.6 is 15.9 Å². The number of allylic oxidation sites excluding steroid dienone is 2. The summed E-state index contributed by atoms with van der Waals surface area (Å²) in [7, 11) is 0. The van der Waals surface area contributed by atoms with Crippen molar-refractivity contribution in [2.75, 3.05) is 0 Å². The first-order valence-electron chi connectivity index (χ1n) is 4.07. The minimum Gasteiger partial charge on any atom is -0.369 e. The van der Waals surface area contributed by atoms with Crippen molar-refractivity contribution in [3.8, 4) is 0 Å². The minimum atomic E-state index is 0.252. The zero-order chi connectivity index (χ0) is 9.10. The summed E-state index contributed by atoms with van der Waals surface area (Å²) in [6.45, 7) is 0. The van der Waals surface area contributed by atoms with Crippen molar-refractivity contribution in [1.82, 2.24) is 10.3 Å². The van der Waals surface area contributed by atoms with Gasteiger partial charge >= 0.3 is 0 Å². The van der Waals surface area contributed by atoms with Crippen LogP contribution in [0.1, 0.15) is 11.6 Å². The van der Waals surface area contributed by atoms with Gasteiger partial charge in [0, 0.05) is 12.4 Å². The quantitative estimate of drug-likeness (QED) is 0.759. The van der Waals surface area contributed by atoms with Gasteiger partial charge in [0.05, 0.1) is 10.6 Å². The number of hydrogen-bond acceptors (Lipinski definition) is 2. The third-order valence-corrected chi connectivity index (χ3v) is 2.40. The number of rotatable bonds is 1. The molecule has 2 rings (SSSR count). The summed E-state index contributed by atoms with van der Waals surface area (Å²) in [5.74, 6) is 0. The van der Waals surface area contributed by atoms with E-state index in [1.54, 1.807) is 12.4 Å². The lowest BCUT2D eigenvalue weighted by molar-refractivity contribution is 0.737. The molecule has 0 spiro atoms. The molecule has 0 radical (unpaired) electrons. The molecule has 0 amide bonds. The third-order valence-electron chi connectivity index (χ3n) is 1.90. The van der Waals surface area contributed by atoms with Crippen LogP contribution in [0.5, 0.6) is 0 Å². The summed E-state index contributed by atoms with van der Waals surface area (Å²) in [4.78, 5) is 3.98. The normalized spacial score (nSPS) is 20.7. The average molecular weight is 237 g/mol. The van der Waals surface area contributed by atoms with Crippen molar-refractivity contribution in [2.24, 2.45) is 0 Å². The summed E-state index contributed by atoms with van der Waals surface area (Å²) in [6, 6.07) is 4.27. The summed E-state index contributed by atoms with van der Waals surface area (Å²) in [6.07, 6.45) is 9.73. The molecule has 66 valence electrons. The number of pyridine rings is 1. The number of hydrogen-bond donors (Lipinski definition) is 1. The lowest BCUT2D eigenvalue weighted by atomic mass is 10.1. The molecule has 0 saturated carbocycles. The maximum atomic E-state index is 3.98. The fraction of sp³-hybridized carbons (Fsp3) is 0.100. The van der Waals surface area contributed by atoms with Gasteiger partial charge in [-0.25, -0.2) is 0 Å². The second-order valence-electron chi connectivity index (χ2n) is 2.80. The van der Waals surface area contributed by atoms with Gasteiger partial charge in [0.2, 0.25) is 0 Å². The maximum absolute atomic E-state index is 3.98. The molecule has 13 heavy (non-hydrogen) atoms. The summed E-state index contributed by atoms with van der Waals surface area (Å²) >= 11 is 3.41. The van der Waals surface area contributed by atoms with Crippen molar-refractivity contribution >= 4 is 15.9 Å². The molecule has 3 heteroatoms. The van der Waals surface area contributed by atoms with Crippen LogP contribution in [0.3, 0.4) is 0 Å². The van der Waals surface area contributed by atoms with E-state index in [4.69, 9.17) is 0 Å². The number of halogens is 1. The van der Waals surface area contributed by atoms with Crippen LogP contribution in [0.4, 0.5) is 0 Å². The van der Waals surface area contributed by atoms with Crippen molar-refractivity contribution < 1.29 is 0 Å². The molecule has 0 saturated heterocycles. The van der Waals surface area contributed by atoms with Crippen LogP contribution < -0.4 is 5.32 Å². The van der Waals surface area contributed by atoms with Crippen molar-refractivity contribution in [3.63, 3.8) is 0 Å². The maximum Gasteiger partial charge on any atom is 0.0787 e. The van der Waals surface area contributed by atoms with Gasteiger partial charge < -0.3 is 5.32 Å². The van der Waals surface area contributed by atoms with Crippen LogP contribution in [0, 0.1) is 0 Å². The van der Waals surface area contributed by atoms with E-state index in [9.17, 15) is 0 Å². The van der Waals surface area contributed by atoms with Gasteiger partial charge in [0.1, 0.15) is 0 Å². The lowest BCUT2D eigenvalue weighted by Crippen LogP contribution is -2.18. The topological polar surface area (TPSA) is 24.9 Å². The lowest BCUT2D eigenvalue weighted by Gasteiger charge is -2.18. The molecule has 1 N–H and O–H groups in total. The predicted molar refractivity (Wildman–Crippen MR) is 56.3 cm³/mol. The standard InChI is InChI=1S/C10H9BrN2/c11-10-3-1-2-9(13-10)8-4-6-12-7-5-8/h1-7,9,13H. The van der Waals surface area contributed by atoms with Crippen molar-refractivity contribution in [1.29, 1.82) is 0 Å². The van der Waals surface area contributed by atoms with Gasteiger partial charge in [-0.05, 0) is 39.7 Å². The molecule has 0 bridgehead atoms. The molecule has 1 aromatic rings. The Bertz CT molecular complexity index is 343. The summed E-state index contributed by atoms with van der Waals surface area (Å²) in [5, 5.41) is 3.30. The largest absolute Gasteiger partial charge is 0.369 e. The fourth-order valence-corrected chi connectivity index (χ4v) is 1.66. The highest BCUT2D eigenvalue weighted by Crippen LogP contribution is 2.20. The Morgan fingerprint density at radius 1 is 1.31 bits per heavy atom. The predicted octanol–water partition coefficient (Wildman–Crippen LogP) is 2.52. The molecule has 0 aliphatic carbocycles. The van der Waals surface area contributed by atoms with E-state index in [1.807, 2.05) is 24.3 Å². The Morgan fingerprint density at radius 3 is 2.77 bits per heavy atom. The zero-order valence-corrected chi connectivity index (χ0v) is 8.53. The van der Waals surface area contributed by atoms with Gasteiger partial charge in [0.25, 0.3) is 0 Å². The average Bonchev–Trinajstić information content (AvgIpc) is 2.19.